The van der Waals surface area contributed by atoms with Crippen LogP contribution < -0.4 is 0 Å². The van der Waals surface area contributed by atoms with Gasteiger partial charge in [0.05, 0.1) is 13.0 Å². The number of benzene rings is 2. The average Bonchev–Trinajstić information content (AvgIpc) is 3.06. The van der Waals surface area contributed by atoms with E-state index in [1.807, 2.05) is 6.20 Å². The molecular formula is C21H19ClFNO3. The van der Waals surface area contributed by atoms with Crippen LogP contribution in [0.2, 0.25) is 5.02 Å². The number of ketones is 1. The average molecular weight is 388 g/mol. The highest BCUT2D eigenvalue weighted by atomic mass is 35.5. The van der Waals surface area contributed by atoms with Crippen molar-refractivity contribution in [1.29, 1.82) is 0 Å². The predicted molar refractivity (Wildman–Crippen MR) is 103 cm³/mol. The highest BCUT2D eigenvalue weighted by molar-refractivity contribution is 6.30. The van der Waals surface area contributed by atoms with Crippen LogP contribution in [0.15, 0.2) is 48.7 Å². The van der Waals surface area contributed by atoms with Crippen molar-refractivity contribution in [3.05, 3.63) is 70.6 Å². The van der Waals surface area contributed by atoms with Crippen LogP contribution in [-0.2, 0) is 16.0 Å². The summed E-state index contributed by atoms with van der Waals surface area (Å²) in [5, 5.41) is 1.40. The molecule has 1 aromatic heterocycles. The normalized spacial score (nSPS) is 10.9. The molecule has 6 heteroatoms. The first-order valence-electron chi connectivity index (χ1n) is 8.73. The van der Waals surface area contributed by atoms with Gasteiger partial charge in [-0.3, -0.25) is 9.59 Å². The number of nitrogens with one attached hydrogen (secondary N) is 1. The zero-order chi connectivity index (χ0) is 19.2. The van der Waals surface area contributed by atoms with E-state index in [-0.39, 0.29) is 31.0 Å². The standard InChI is InChI=1S/C21H19ClFNO3/c22-16-5-3-14(4-6-16)20(25)9-10-21(26)27-11-1-2-15-13-24-19-8-7-17(23)12-18(15)19/h3-8,12-13,24H,1-2,9-11H2. The third-order valence-electron chi connectivity index (χ3n) is 4.31. The van der Waals surface area contributed by atoms with E-state index in [9.17, 15) is 14.0 Å². The Bertz CT molecular complexity index is 950. The molecule has 1 N–H and O–H groups in total. The largest absolute Gasteiger partial charge is 0.466 e. The lowest BCUT2D eigenvalue weighted by molar-refractivity contribution is -0.143. The molecule has 0 saturated heterocycles. The molecule has 0 amide bonds. The van der Waals surface area contributed by atoms with E-state index in [0.717, 1.165) is 16.5 Å². The molecule has 3 aromatic rings. The summed E-state index contributed by atoms with van der Waals surface area (Å²) in [6.07, 6.45) is 3.28. The van der Waals surface area contributed by atoms with Gasteiger partial charge in [0.2, 0.25) is 0 Å². The second kappa shape index (κ2) is 8.82. The fourth-order valence-electron chi connectivity index (χ4n) is 2.87. The van der Waals surface area contributed by atoms with Crippen molar-refractivity contribution < 1.29 is 18.7 Å². The number of esters is 1. The second-order valence-electron chi connectivity index (χ2n) is 6.26. The fraction of sp³-hybridized carbons (Fsp3) is 0.238. The van der Waals surface area contributed by atoms with E-state index in [1.54, 1.807) is 30.3 Å². The summed E-state index contributed by atoms with van der Waals surface area (Å²) in [5.74, 6) is -0.799. The predicted octanol–water partition coefficient (Wildman–Crippen LogP) is 5.10. The Morgan fingerprint density at radius 3 is 2.63 bits per heavy atom. The van der Waals surface area contributed by atoms with Crippen molar-refractivity contribution in [2.75, 3.05) is 6.61 Å². The first-order chi connectivity index (χ1) is 13.0. The third-order valence-corrected chi connectivity index (χ3v) is 4.56. The molecule has 0 fully saturated rings. The van der Waals surface area contributed by atoms with Crippen molar-refractivity contribution in [3.8, 4) is 0 Å². The fourth-order valence-corrected chi connectivity index (χ4v) is 3.00. The lowest BCUT2D eigenvalue weighted by atomic mass is 10.1. The van der Waals surface area contributed by atoms with E-state index in [1.165, 1.54) is 12.1 Å². The minimum absolute atomic E-state index is 0.0414. The van der Waals surface area contributed by atoms with Crippen LogP contribution in [0, 0.1) is 5.82 Å². The molecule has 0 unspecified atom stereocenters. The van der Waals surface area contributed by atoms with Crippen LogP contribution in [0.5, 0.6) is 0 Å². The molecule has 1 heterocycles. The maximum Gasteiger partial charge on any atom is 0.306 e. The van der Waals surface area contributed by atoms with Crippen molar-refractivity contribution in [2.24, 2.45) is 0 Å². The van der Waals surface area contributed by atoms with E-state index in [0.29, 0.717) is 23.4 Å². The quantitative estimate of drug-likeness (QED) is 0.332. The lowest BCUT2D eigenvalue weighted by Gasteiger charge is -2.05. The van der Waals surface area contributed by atoms with Crippen molar-refractivity contribution in [1.82, 2.24) is 4.98 Å². The minimum Gasteiger partial charge on any atom is -0.466 e. The Morgan fingerprint density at radius 2 is 1.85 bits per heavy atom. The summed E-state index contributed by atoms with van der Waals surface area (Å²) in [6.45, 7) is 0.260. The van der Waals surface area contributed by atoms with Crippen LogP contribution in [0.4, 0.5) is 4.39 Å². The Hall–Kier alpha value is -2.66. The van der Waals surface area contributed by atoms with E-state index in [4.69, 9.17) is 16.3 Å². The molecule has 0 aliphatic heterocycles. The van der Waals surface area contributed by atoms with Gasteiger partial charge in [-0.2, -0.15) is 0 Å². The number of fused-ring (bicyclic) bond motifs is 1. The number of aromatic amines is 1. The van der Waals surface area contributed by atoms with Gasteiger partial charge in [-0.1, -0.05) is 11.6 Å². The van der Waals surface area contributed by atoms with Crippen LogP contribution in [0.3, 0.4) is 0 Å². The van der Waals surface area contributed by atoms with Crippen LogP contribution in [0.1, 0.15) is 35.2 Å². The lowest BCUT2D eigenvalue weighted by Crippen LogP contribution is -2.09. The van der Waals surface area contributed by atoms with E-state index < -0.39 is 5.97 Å². The van der Waals surface area contributed by atoms with Gasteiger partial charge in [0.1, 0.15) is 5.82 Å². The summed E-state index contributed by atoms with van der Waals surface area (Å²) < 4.78 is 18.5. The molecule has 0 spiro atoms. The number of carbonyl (C=O) groups is 2. The maximum absolute atomic E-state index is 13.4. The van der Waals surface area contributed by atoms with E-state index >= 15 is 0 Å². The van der Waals surface area contributed by atoms with Crippen molar-refractivity contribution >= 4 is 34.3 Å². The number of hydrogen-bond acceptors (Lipinski definition) is 3. The summed E-state index contributed by atoms with van der Waals surface area (Å²) in [4.78, 5) is 26.9. The number of Topliss-reactive ketones (excluding diaryl/α,β-unsaturated/α-hetero) is 1. The number of aromatic nitrogens is 1. The van der Waals surface area contributed by atoms with Crippen molar-refractivity contribution in [3.63, 3.8) is 0 Å². The number of aryl methyl sites for hydroxylation is 1. The van der Waals surface area contributed by atoms with E-state index in [2.05, 4.69) is 4.98 Å². The van der Waals surface area contributed by atoms with Gasteiger partial charge < -0.3 is 9.72 Å². The molecule has 0 radical (unpaired) electrons. The van der Waals surface area contributed by atoms with Gasteiger partial charge >= 0.3 is 5.97 Å². The highest BCUT2D eigenvalue weighted by Crippen LogP contribution is 2.20. The molecule has 0 saturated carbocycles. The molecule has 0 bridgehead atoms. The number of carbonyl (C=O) groups excluding carboxylic acids is 2. The molecular weight excluding hydrogens is 369 g/mol. The first kappa shape index (κ1) is 19.1. The Morgan fingerprint density at radius 1 is 1.07 bits per heavy atom. The number of hydrogen-bond donors (Lipinski definition) is 1. The van der Waals surface area contributed by atoms with Gasteiger partial charge in [-0.15, -0.1) is 0 Å². The van der Waals surface area contributed by atoms with Crippen molar-refractivity contribution in [2.45, 2.75) is 25.7 Å². The molecule has 0 atom stereocenters. The minimum atomic E-state index is -0.401. The molecule has 140 valence electrons. The first-order valence-corrected chi connectivity index (χ1v) is 9.10. The monoisotopic (exact) mass is 387 g/mol. The van der Waals surface area contributed by atoms with Gasteiger partial charge in [0.15, 0.2) is 5.78 Å². The summed E-state index contributed by atoms with van der Waals surface area (Å²) in [5.41, 5.74) is 2.39. The smallest absolute Gasteiger partial charge is 0.306 e. The molecule has 2 aromatic carbocycles. The number of rotatable bonds is 8. The van der Waals surface area contributed by atoms with Crippen LogP contribution in [0.25, 0.3) is 10.9 Å². The van der Waals surface area contributed by atoms with Crippen LogP contribution in [-0.4, -0.2) is 23.3 Å². The number of ether oxygens (including phenoxy) is 1. The Balaban J connectivity index is 1.40. The van der Waals surface area contributed by atoms with Gasteiger partial charge in [-0.25, -0.2) is 4.39 Å². The molecule has 3 rings (SSSR count). The Kier molecular flexibility index (Phi) is 6.24. The SMILES string of the molecule is O=C(CCC(=O)c1ccc(Cl)cc1)OCCCc1c[nH]c2ccc(F)cc12. The van der Waals surface area contributed by atoms with Crippen LogP contribution >= 0.6 is 11.6 Å². The zero-order valence-corrected chi connectivity index (χ0v) is 15.4. The third kappa shape index (κ3) is 5.17. The summed E-state index contributed by atoms with van der Waals surface area (Å²) >= 11 is 5.79. The second-order valence-corrected chi connectivity index (χ2v) is 6.69. The number of H-pyrrole nitrogens is 1. The molecule has 4 nitrogen and oxygen atoms in total. The Labute approximate surface area is 161 Å². The molecule has 0 aliphatic carbocycles. The van der Waals surface area contributed by atoms with Gasteiger partial charge in [0.25, 0.3) is 0 Å². The molecule has 27 heavy (non-hydrogen) atoms. The summed E-state index contributed by atoms with van der Waals surface area (Å²) in [6, 6.07) is 11.2. The van der Waals surface area contributed by atoms with Gasteiger partial charge in [0, 0.05) is 34.1 Å². The maximum atomic E-state index is 13.4. The summed E-state index contributed by atoms with van der Waals surface area (Å²) in [7, 11) is 0. The number of halogens is 2. The topological polar surface area (TPSA) is 59.2 Å². The molecule has 0 aliphatic rings. The van der Waals surface area contributed by atoms with Gasteiger partial charge in [-0.05, 0) is 60.9 Å². The highest BCUT2D eigenvalue weighted by Gasteiger charge is 2.11. The zero-order valence-electron chi connectivity index (χ0n) is 14.6.